The van der Waals surface area contributed by atoms with E-state index in [-0.39, 0.29) is 6.42 Å². The van der Waals surface area contributed by atoms with Crippen LogP contribution in [0.4, 0.5) is 8.78 Å². The summed E-state index contributed by atoms with van der Waals surface area (Å²) in [5, 5.41) is 16.9. The Kier molecular flexibility index (Phi) is 2.55. The summed E-state index contributed by atoms with van der Waals surface area (Å²) in [5.74, 6) is -6.38. The fourth-order valence-electron chi connectivity index (χ4n) is 0.452. The van der Waals surface area contributed by atoms with E-state index in [1.807, 2.05) is 0 Å². The molecule has 0 aliphatic carbocycles. The van der Waals surface area contributed by atoms with Crippen molar-refractivity contribution >= 4 is 5.97 Å². The Morgan fingerprint density at radius 2 is 1.91 bits per heavy atom. The maximum atomic E-state index is 12.5. The zero-order chi connectivity index (χ0) is 9.28. The molecule has 11 heavy (non-hydrogen) atoms. The number of aliphatic hydroxyl groups is 1. The maximum absolute atomic E-state index is 12.5. The van der Waals surface area contributed by atoms with Gasteiger partial charge in [-0.1, -0.05) is 6.92 Å². The van der Waals surface area contributed by atoms with E-state index >= 15 is 0 Å². The first kappa shape index (κ1) is 10.3. The largest absolute Gasteiger partial charge is 0.477 e. The number of hydrogen-bond donors (Lipinski definition) is 2. The van der Waals surface area contributed by atoms with E-state index in [0.29, 0.717) is 0 Å². The molecule has 0 saturated carbocycles. The van der Waals surface area contributed by atoms with Gasteiger partial charge in [-0.05, 0) is 13.3 Å². The number of aliphatic carboxylic acids is 1. The van der Waals surface area contributed by atoms with Gasteiger partial charge in [-0.3, -0.25) is 0 Å². The second-order valence-corrected chi connectivity index (χ2v) is 2.51. The van der Waals surface area contributed by atoms with E-state index in [9.17, 15) is 13.6 Å². The molecule has 1 unspecified atom stereocenters. The summed E-state index contributed by atoms with van der Waals surface area (Å²) in [4.78, 5) is 9.92. The SMILES string of the molecule is CCC(C)(O)C(F)(F)C(=O)O. The summed E-state index contributed by atoms with van der Waals surface area (Å²) in [5.41, 5.74) is -2.47. The van der Waals surface area contributed by atoms with Crippen molar-refractivity contribution in [3.05, 3.63) is 0 Å². The van der Waals surface area contributed by atoms with Crippen molar-refractivity contribution in [3.8, 4) is 0 Å². The van der Waals surface area contributed by atoms with Crippen molar-refractivity contribution in [2.45, 2.75) is 31.8 Å². The lowest BCUT2D eigenvalue weighted by atomic mass is 9.95. The second-order valence-electron chi connectivity index (χ2n) is 2.51. The molecule has 0 aromatic heterocycles. The van der Waals surface area contributed by atoms with Crippen LogP contribution in [0.3, 0.4) is 0 Å². The summed E-state index contributed by atoms with van der Waals surface area (Å²) in [6.07, 6.45) is -0.313. The third-order valence-corrected chi connectivity index (χ3v) is 1.63. The Balaban J connectivity index is 4.67. The molecule has 0 aliphatic rings. The Morgan fingerprint density at radius 3 is 2.00 bits per heavy atom. The minimum absolute atomic E-state index is 0.313. The van der Waals surface area contributed by atoms with E-state index in [4.69, 9.17) is 10.2 Å². The first-order valence-corrected chi connectivity index (χ1v) is 3.09. The van der Waals surface area contributed by atoms with Crippen molar-refractivity contribution in [1.82, 2.24) is 0 Å². The normalized spacial score (nSPS) is 17.5. The highest BCUT2D eigenvalue weighted by atomic mass is 19.3. The number of carboxylic acid groups (broad SMARTS) is 1. The van der Waals surface area contributed by atoms with Gasteiger partial charge in [0.1, 0.15) is 5.60 Å². The van der Waals surface area contributed by atoms with Gasteiger partial charge in [-0.25, -0.2) is 4.79 Å². The highest BCUT2D eigenvalue weighted by molar-refractivity contribution is 5.76. The molecule has 0 aromatic carbocycles. The van der Waals surface area contributed by atoms with Gasteiger partial charge in [0, 0.05) is 0 Å². The van der Waals surface area contributed by atoms with Crippen LogP contribution in [0.25, 0.3) is 0 Å². The molecule has 0 heterocycles. The Hall–Kier alpha value is -0.710. The lowest BCUT2D eigenvalue weighted by Gasteiger charge is -2.27. The Morgan fingerprint density at radius 1 is 1.55 bits per heavy atom. The fourth-order valence-corrected chi connectivity index (χ4v) is 0.452. The average Bonchev–Trinajstić information content (AvgIpc) is 1.87. The number of halogens is 2. The smallest absolute Gasteiger partial charge is 0.377 e. The number of carboxylic acids is 1. The van der Waals surface area contributed by atoms with Gasteiger partial charge in [-0.2, -0.15) is 8.78 Å². The summed E-state index contributed by atoms with van der Waals surface area (Å²) in [7, 11) is 0. The Labute approximate surface area is 62.6 Å². The first-order valence-electron chi connectivity index (χ1n) is 3.09. The third-order valence-electron chi connectivity index (χ3n) is 1.63. The molecule has 0 amide bonds. The van der Waals surface area contributed by atoms with Crippen LogP contribution in [0, 0.1) is 0 Å². The predicted molar refractivity (Wildman–Crippen MR) is 33.5 cm³/mol. The molecule has 0 radical (unpaired) electrons. The topological polar surface area (TPSA) is 57.5 Å². The maximum Gasteiger partial charge on any atom is 0.377 e. The zero-order valence-electron chi connectivity index (χ0n) is 6.27. The van der Waals surface area contributed by atoms with Gasteiger partial charge >= 0.3 is 11.9 Å². The van der Waals surface area contributed by atoms with Crippen LogP contribution in [-0.2, 0) is 4.79 Å². The highest BCUT2D eigenvalue weighted by Gasteiger charge is 2.54. The molecular formula is C6H10F2O3. The predicted octanol–water partition coefficient (Wildman–Crippen LogP) is 0.867. The number of carbonyl (C=O) groups is 1. The Bertz CT molecular complexity index is 165. The van der Waals surface area contributed by atoms with E-state index in [0.717, 1.165) is 6.92 Å². The zero-order valence-corrected chi connectivity index (χ0v) is 6.27. The lowest BCUT2D eigenvalue weighted by molar-refractivity contribution is -0.204. The minimum Gasteiger partial charge on any atom is -0.477 e. The van der Waals surface area contributed by atoms with E-state index in [2.05, 4.69) is 0 Å². The summed E-state index contributed by atoms with van der Waals surface area (Å²) < 4.78 is 24.9. The second kappa shape index (κ2) is 2.73. The molecule has 0 fully saturated rings. The molecule has 2 N–H and O–H groups in total. The lowest BCUT2D eigenvalue weighted by Crippen LogP contribution is -2.50. The molecule has 3 nitrogen and oxygen atoms in total. The third kappa shape index (κ3) is 1.65. The van der Waals surface area contributed by atoms with Crippen LogP contribution in [0.1, 0.15) is 20.3 Å². The molecule has 0 aromatic rings. The van der Waals surface area contributed by atoms with Gasteiger partial charge < -0.3 is 10.2 Å². The molecule has 0 rings (SSSR count). The van der Waals surface area contributed by atoms with Crippen LogP contribution < -0.4 is 0 Å². The molecule has 0 aliphatic heterocycles. The standard InChI is InChI=1S/C6H10F2O3/c1-3-5(2,11)6(7,8)4(9)10/h11H,3H2,1-2H3,(H,9,10). The molecule has 0 bridgehead atoms. The van der Waals surface area contributed by atoms with Crippen LogP contribution in [0.5, 0.6) is 0 Å². The van der Waals surface area contributed by atoms with Crippen LogP contribution in [0.2, 0.25) is 0 Å². The van der Waals surface area contributed by atoms with Gasteiger partial charge in [0.05, 0.1) is 0 Å². The molecule has 5 heteroatoms. The number of rotatable bonds is 3. The van der Waals surface area contributed by atoms with Crippen LogP contribution in [0.15, 0.2) is 0 Å². The van der Waals surface area contributed by atoms with E-state index in [1.54, 1.807) is 0 Å². The monoisotopic (exact) mass is 168 g/mol. The molecule has 66 valence electrons. The van der Waals surface area contributed by atoms with E-state index in [1.165, 1.54) is 6.92 Å². The summed E-state index contributed by atoms with van der Waals surface area (Å²) in [6.45, 7) is 2.08. The van der Waals surface area contributed by atoms with Gasteiger partial charge in [0.15, 0.2) is 0 Å². The van der Waals surface area contributed by atoms with Crippen molar-refractivity contribution in [3.63, 3.8) is 0 Å². The van der Waals surface area contributed by atoms with E-state index < -0.39 is 17.5 Å². The quantitative estimate of drug-likeness (QED) is 0.657. The highest BCUT2D eigenvalue weighted by Crippen LogP contribution is 2.31. The van der Waals surface area contributed by atoms with Gasteiger partial charge in [-0.15, -0.1) is 0 Å². The van der Waals surface area contributed by atoms with Crippen LogP contribution in [-0.4, -0.2) is 27.7 Å². The number of alkyl halides is 2. The average molecular weight is 168 g/mol. The van der Waals surface area contributed by atoms with Gasteiger partial charge in [0.2, 0.25) is 0 Å². The summed E-state index contributed by atoms with van der Waals surface area (Å²) in [6, 6.07) is 0. The first-order chi connectivity index (χ1) is 4.75. The molecule has 1 atom stereocenters. The number of hydrogen-bond acceptors (Lipinski definition) is 2. The van der Waals surface area contributed by atoms with Crippen molar-refractivity contribution in [2.75, 3.05) is 0 Å². The molecular weight excluding hydrogens is 158 g/mol. The fraction of sp³-hybridized carbons (Fsp3) is 0.833. The summed E-state index contributed by atoms with van der Waals surface area (Å²) >= 11 is 0. The molecule has 0 spiro atoms. The van der Waals surface area contributed by atoms with Gasteiger partial charge in [0.25, 0.3) is 0 Å². The minimum atomic E-state index is -4.08. The molecule has 0 saturated heterocycles. The van der Waals surface area contributed by atoms with Crippen LogP contribution >= 0.6 is 0 Å². The van der Waals surface area contributed by atoms with Crippen molar-refractivity contribution < 1.29 is 23.8 Å². The van der Waals surface area contributed by atoms with Crippen molar-refractivity contribution in [1.29, 1.82) is 0 Å². The van der Waals surface area contributed by atoms with Crippen molar-refractivity contribution in [2.24, 2.45) is 0 Å².